The fraction of sp³-hybridized carbons (Fsp3) is 0.455. The molecule has 1 atom stereocenters. The molecule has 132 valence electrons. The van der Waals surface area contributed by atoms with E-state index in [1.165, 1.54) is 42.6 Å². The number of hydrogen-bond donors (Lipinski definition) is 0. The molecule has 2 aromatic carbocycles. The predicted molar refractivity (Wildman–Crippen MR) is 102 cm³/mol. The second-order valence-corrected chi connectivity index (χ2v) is 7.56. The molecule has 0 saturated carbocycles. The van der Waals surface area contributed by atoms with Crippen LogP contribution in [-0.2, 0) is 6.42 Å². The van der Waals surface area contributed by atoms with Crippen molar-refractivity contribution in [2.24, 2.45) is 0 Å². The number of piperidine rings is 1. The van der Waals surface area contributed by atoms with Gasteiger partial charge in [-0.05, 0) is 54.5 Å². The Kier molecular flexibility index (Phi) is 4.76. The molecule has 1 unspecified atom stereocenters. The molecule has 0 N–H and O–H groups in total. The first-order chi connectivity index (χ1) is 12.2. The first-order valence-electron chi connectivity index (χ1n) is 9.53. The first-order valence-corrected chi connectivity index (χ1v) is 9.53. The summed E-state index contributed by atoms with van der Waals surface area (Å²) in [6, 6.07) is 16.5. The fourth-order valence-corrected chi connectivity index (χ4v) is 4.44. The molecule has 1 fully saturated rings. The zero-order chi connectivity index (χ0) is 17.2. The van der Waals surface area contributed by atoms with Gasteiger partial charge >= 0.3 is 0 Å². The van der Waals surface area contributed by atoms with Crippen molar-refractivity contribution in [1.29, 1.82) is 0 Å². The van der Waals surface area contributed by atoms with Crippen LogP contribution in [0.3, 0.4) is 0 Å². The Bertz CT molecular complexity index is 704. The number of fused-ring (bicyclic) bond motifs is 1. The Balaban J connectivity index is 1.32. The Labute approximate surface area is 150 Å². The highest BCUT2D eigenvalue weighted by atomic mass is 19.1. The first kappa shape index (κ1) is 16.6. The second kappa shape index (κ2) is 7.17. The molecule has 0 amide bonds. The van der Waals surface area contributed by atoms with E-state index in [0.717, 1.165) is 19.6 Å². The van der Waals surface area contributed by atoms with Gasteiger partial charge in [-0.25, -0.2) is 4.39 Å². The molecule has 1 saturated heterocycles. The van der Waals surface area contributed by atoms with E-state index in [1.54, 1.807) is 12.1 Å². The number of nitrogens with zero attached hydrogens (tertiary/aromatic N) is 2. The number of rotatable bonds is 4. The highest BCUT2D eigenvalue weighted by molar-refractivity contribution is 5.58. The van der Waals surface area contributed by atoms with E-state index in [0.29, 0.717) is 12.0 Å². The van der Waals surface area contributed by atoms with E-state index in [9.17, 15) is 4.39 Å². The normalized spacial score (nSPS) is 19.8. The fourth-order valence-electron chi connectivity index (χ4n) is 4.44. The average molecular weight is 338 g/mol. The van der Waals surface area contributed by atoms with Gasteiger partial charge in [0.15, 0.2) is 0 Å². The maximum atomic E-state index is 13.1. The monoisotopic (exact) mass is 338 g/mol. The van der Waals surface area contributed by atoms with Crippen LogP contribution < -0.4 is 4.90 Å². The molecule has 25 heavy (non-hydrogen) atoms. The molecule has 0 aromatic heterocycles. The van der Waals surface area contributed by atoms with E-state index in [1.807, 2.05) is 12.1 Å². The van der Waals surface area contributed by atoms with Gasteiger partial charge in [0.25, 0.3) is 0 Å². The molecule has 0 aliphatic carbocycles. The number of para-hydroxylation sites is 1. The summed E-state index contributed by atoms with van der Waals surface area (Å²) in [7, 11) is 0. The summed E-state index contributed by atoms with van der Waals surface area (Å²) in [4.78, 5) is 5.21. The summed E-state index contributed by atoms with van der Waals surface area (Å²) in [5.41, 5.74) is 4.20. The van der Waals surface area contributed by atoms with Crippen LogP contribution in [0.1, 0.15) is 36.8 Å². The lowest BCUT2D eigenvalue weighted by Crippen LogP contribution is -2.45. The summed E-state index contributed by atoms with van der Waals surface area (Å²) < 4.78 is 13.1. The van der Waals surface area contributed by atoms with Crippen LogP contribution in [-0.4, -0.2) is 37.1 Å². The number of hydrogen-bond acceptors (Lipinski definition) is 2. The summed E-state index contributed by atoms with van der Waals surface area (Å²) in [5, 5.41) is 0. The van der Waals surface area contributed by atoms with Crippen molar-refractivity contribution in [3.8, 4) is 0 Å². The van der Waals surface area contributed by atoms with Crippen molar-refractivity contribution in [3.63, 3.8) is 0 Å². The second-order valence-electron chi connectivity index (χ2n) is 7.56. The third kappa shape index (κ3) is 3.57. The molecular formula is C22H27FN2. The van der Waals surface area contributed by atoms with Gasteiger partial charge in [0, 0.05) is 37.9 Å². The Morgan fingerprint density at radius 2 is 1.72 bits per heavy atom. The van der Waals surface area contributed by atoms with Crippen molar-refractivity contribution in [3.05, 3.63) is 65.5 Å². The third-order valence-electron chi connectivity index (χ3n) is 5.89. The minimum absolute atomic E-state index is 0.150. The molecule has 0 bridgehead atoms. The van der Waals surface area contributed by atoms with Gasteiger partial charge in [-0.1, -0.05) is 37.3 Å². The van der Waals surface area contributed by atoms with Gasteiger partial charge in [-0.2, -0.15) is 0 Å². The lowest BCUT2D eigenvalue weighted by molar-refractivity contribution is 0.201. The molecule has 2 aromatic rings. The Hall–Kier alpha value is -1.87. The average Bonchev–Trinajstić information content (AvgIpc) is 3.07. The van der Waals surface area contributed by atoms with Crippen LogP contribution in [0, 0.1) is 5.82 Å². The van der Waals surface area contributed by atoms with E-state index >= 15 is 0 Å². The smallest absolute Gasteiger partial charge is 0.123 e. The van der Waals surface area contributed by atoms with Crippen LogP contribution >= 0.6 is 0 Å². The molecule has 2 aliphatic rings. The van der Waals surface area contributed by atoms with Crippen LogP contribution in [0.15, 0.2) is 48.5 Å². The third-order valence-corrected chi connectivity index (χ3v) is 5.89. The molecule has 4 rings (SSSR count). The molecular weight excluding hydrogens is 311 g/mol. The van der Waals surface area contributed by atoms with Crippen molar-refractivity contribution < 1.29 is 4.39 Å². The topological polar surface area (TPSA) is 6.48 Å². The van der Waals surface area contributed by atoms with Crippen LogP contribution in [0.4, 0.5) is 10.1 Å². The number of halogens is 1. The standard InChI is InChI=1S/C22H27FN2/c1-17(18-6-8-20(23)9-7-18)16-24-13-11-21(12-14-24)25-15-10-19-4-2-3-5-22(19)25/h2-9,17,21H,10-16H2,1H3. The van der Waals surface area contributed by atoms with Crippen molar-refractivity contribution >= 4 is 5.69 Å². The van der Waals surface area contributed by atoms with Crippen molar-refractivity contribution in [2.75, 3.05) is 31.1 Å². The van der Waals surface area contributed by atoms with E-state index in [-0.39, 0.29) is 5.82 Å². The minimum Gasteiger partial charge on any atom is -0.368 e. The Morgan fingerprint density at radius 3 is 2.48 bits per heavy atom. The lowest BCUT2D eigenvalue weighted by atomic mass is 9.97. The molecule has 0 radical (unpaired) electrons. The van der Waals surface area contributed by atoms with Gasteiger partial charge in [0.05, 0.1) is 0 Å². The SMILES string of the molecule is CC(CN1CCC(N2CCc3ccccc32)CC1)c1ccc(F)cc1. The van der Waals surface area contributed by atoms with Crippen molar-refractivity contribution in [1.82, 2.24) is 4.90 Å². The predicted octanol–water partition coefficient (Wildman–Crippen LogP) is 4.46. The van der Waals surface area contributed by atoms with E-state index < -0.39 is 0 Å². The maximum Gasteiger partial charge on any atom is 0.123 e. The summed E-state index contributed by atoms with van der Waals surface area (Å²) >= 11 is 0. The largest absolute Gasteiger partial charge is 0.368 e. The van der Waals surface area contributed by atoms with E-state index in [4.69, 9.17) is 0 Å². The van der Waals surface area contributed by atoms with E-state index in [2.05, 4.69) is 41.0 Å². The Morgan fingerprint density at radius 1 is 1.00 bits per heavy atom. The van der Waals surface area contributed by atoms with Gasteiger partial charge < -0.3 is 9.80 Å². The maximum absolute atomic E-state index is 13.1. The number of benzene rings is 2. The minimum atomic E-state index is -0.150. The highest BCUT2D eigenvalue weighted by Gasteiger charge is 2.29. The zero-order valence-electron chi connectivity index (χ0n) is 15.0. The summed E-state index contributed by atoms with van der Waals surface area (Å²) in [6.45, 7) is 6.81. The van der Waals surface area contributed by atoms with Crippen LogP contribution in [0.25, 0.3) is 0 Å². The number of anilines is 1. The summed E-state index contributed by atoms with van der Waals surface area (Å²) in [5.74, 6) is 0.298. The van der Waals surface area contributed by atoms with Gasteiger partial charge in [-0.15, -0.1) is 0 Å². The molecule has 3 heteroatoms. The van der Waals surface area contributed by atoms with Gasteiger partial charge in [-0.3, -0.25) is 0 Å². The molecule has 2 heterocycles. The van der Waals surface area contributed by atoms with Crippen molar-refractivity contribution in [2.45, 2.75) is 38.1 Å². The van der Waals surface area contributed by atoms with Crippen LogP contribution in [0.5, 0.6) is 0 Å². The van der Waals surface area contributed by atoms with Gasteiger partial charge in [0.1, 0.15) is 5.82 Å². The van der Waals surface area contributed by atoms with Gasteiger partial charge in [0.2, 0.25) is 0 Å². The summed E-state index contributed by atoms with van der Waals surface area (Å²) in [6.07, 6.45) is 3.67. The molecule has 0 spiro atoms. The lowest BCUT2D eigenvalue weighted by Gasteiger charge is -2.39. The number of likely N-dealkylation sites (tertiary alicyclic amines) is 1. The highest BCUT2D eigenvalue weighted by Crippen LogP contribution is 2.32. The van der Waals surface area contributed by atoms with Crippen LogP contribution in [0.2, 0.25) is 0 Å². The molecule has 2 aliphatic heterocycles. The zero-order valence-corrected chi connectivity index (χ0v) is 15.0. The molecule has 2 nitrogen and oxygen atoms in total. The quantitative estimate of drug-likeness (QED) is 0.812.